The maximum Gasteiger partial charge on any atom is 0.513 e. The molecule has 0 heterocycles. The number of rotatable bonds is 9. The van der Waals surface area contributed by atoms with Gasteiger partial charge in [0.2, 0.25) is 5.91 Å². The zero-order chi connectivity index (χ0) is 23.0. The fourth-order valence-corrected chi connectivity index (χ4v) is 3.13. The fraction of sp³-hybridized carbons (Fsp3) is 0.417. The first-order chi connectivity index (χ1) is 14.7. The third-order valence-corrected chi connectivity index (χ3v) is 4.86. The quantitative estimate of drug-likeness (QED) is 0.318. The zero-order valence-electron chi connectivity index (χ0n) is 18.6. The van der Waals surface area contributed by atoms with Gasteiger partial charge in [0, 0.05) is 0 Å². The topological polar surface area (TPSA) is 111 Å². The first-order valence-corrected chi connectivity index (χ1v) is 10.5. The van der Waals surface area contributed by atoms with Gasteiger partial charge in [-0.2, -0.15) is 0 Å². The predicted molar refractivity (Wildman–Crippen MR) is 119 cm³/mol. The number of carbonyl (C=O) groups is 2. The standard InChI is InChI=1S/C24H32N2O5/c1-15(2)19-6-5-7-20(16(3)4)22(19)31-24(29)30-13-12-26-23(28)21(25)14-17-8-10-18(27)11-9-17/h5-11,15-16,21,27H,12-14,25H2,1-4H3,(H,26,28)/t21-/m0/s1. The molecule has 0 bridgehead atoms. The van der Waals surface area contributed by atoms with Crippen molar-refractivity contribution < 1.29 is 24.2 Å². The Balaban J connectivity index is 1.82. The normalized spacial score (nSPS) is 12.0. The zero-order valence-corrected chi connectivity index (χ0v) is 18.6. The first-order valence-electron chi connectivity index (χ1n) is 10.5. The number of amides is 1. The number of aromatic hydroxyl groups is 1. The van der Waals surface area contributed by atoms with Gasteiger partial charge in [0.1, 0.15) is 18.1 Å². The molecule has 0 saturated carbocycles. The second kappa shape index (κ2) is 11.4. The fourth-order valence-electron chi connectivity index (χ4n) is 3.13. The molecule has 7 nitrogen and oxygen atoms in total. The molecule has 0 unspecified atom stereocenters. The van der Waals surface area contributed by atoms with Crippen LogP contribution in [0.25, 0.3) is 0 Å². The SMILES string of the molecule is CC(C)c1cccc(C(C)C)c1OC(=O)OCCNC(=O)[C@@H](N)Cc1ccc(O)cc1. The van der Waals surface area contributed by atoms with Crippen LogP contribution in [0.1, 0.15) is 56.2 Å². The number of hydrogen-bond donors (Lipinski definition) is 3. The predicted octanol–water partition coefficient (Wildman–Crippen LogP) is 3.84. The Morgan fingerprint density at radius 2 is 1.58 bits per heavy atom. The molecule has 31 heavy (non-hydrogen) atoms. The molecule has 0 radical (unpaired) electrons. The highest BCUT2D eigenvalue weighted by Gasteiger charge is 2.19. The van der Waals surface area contributed by atoms with Crippen LogP contribution in [0.4, 0.5) is 4.79 Å². The molecule has 2 rings (SSSR count). The molecule has 2 aromatic rings. The number of para-hydroxylation sites is 1. The van der Waals surface area contributed by atoms with E-state index in [-0.39, 0.29) is 36.6 Å². The van der Waals surface area contributed by atoms with Gasteiger partial charge in [-0.05, 0) is 47.1 Å². The second-order valence-corrected chi connectivity index (χ2v) is 8.04. The number of carbonyl (C=O) groups excluding carboxylic acids is 2. The van der Waals surface area contributed by atoms with Gasteiger partial charge >= 0.3 is 6.16 Å². The van der Waals surface area contributed by atoms with Gasteiger partial charge in [0.05, 0.1) is 12.6 Å². The summed E-state index contributed by atoms with van der Waals surface area (Å²) in [4.78, 5) is 24.3. The summed E-state index contributed by atoms with van der Waals surface area (Å²) in [6, 6.07) is 11.6. The summed E-state index contributed by atoms with van der Waals surface area (Å²) in [5, 5.41) is 11.9. The smallest absolute Gasteiger partial charge is 0.508 e. The number of nitrogens with two attached hydrogens (primary N) is 1. The largest absolute Gasteiger partial charge is 0.513 e. The molecule has 7 heteroatoms. The van der Waals surface area contributed by atoms with Crippen LogP contribution in [0.15, 0.2) is 42.5 Å². The molecular weight excluding hydrogens is 396 g/mol. The van der Waals surface area contributed by atoms with Crippen molar-refractivity contribution in [2.45, 2.75) is 52.0 Å². The molecule has 1 amide bonds. The van der Waals surface area contributed by atoms with E-state index in [4.69, 9.17) is 15.2 Å². The van der Waals surface area contributed by atoms with Crippen molar-refractivity contribution in [3.63, 3.8) is 0 Å². The van der Waals surface area contributed by atoms with Crippen molar-refractivity contribution in [2.75, 3.05) is 13.2 Å². The lowest BCUT2D eigenvalue weighted by atomic mass is 9.94. The Morgan fingerprint density at radius 1 is 1.00 bits per heavy atom. The minimum absolute atomic E-state index is 0.0304. The molecule has 1 atom stereocenters. The number of nitrogens with one attached hydrogen (secondary N) is 1. The van der Waals surface area contributed by atoms with Crippen LogP contribution >= 0.6 is 0 Å². The van der Waals surface area contributed by atoms with Crippen LogP contribution in [0.3, 0.4) is 0 Å². The van der Waals surface area contributed by atoms with E-state index in [0.717, 1.165) is 16.7 Å². The van der Waals surface area contributed by atoms with Crippen molar-refractivity contribution in [1.29, 1.82) is 0 Å². The van der Waals surface area contributed by atoms with Gasteiger partial charge in [0.15, 0.2) is 0 Å². The molecular formula is C24H32N2O5. The summed E-state index contributed by atoms with van der Waals surface area (Å²) < 4.78 is 10.7. The number of hydrogen-bond acceptors (Lipinski definition) is 6. The molecule has 4 N–H and O–H groups in total. The lowest BCUT2D eigenvalue weighted by Crippen LogP contribution is -2.43. The Kier molecular flexibility index (Phi) is 8.88. The van der Waals surface area contributed by atoms with E-state index in [1.165, 1.54) is 0 Å². The summed E-state index contributed by atoms with van der Waals surface area (Å²) in [5.41, 5.74) is 8.64. The summed E-state index contributed by atoms with van der Waals surface area (Å²) in [7, 11) is 0. The minimum Gasteiger partial charge on any atom is -0.508 e. The number of benzene rings is 2. The molecule has 0 aliphatic carbocycles. The number of phenols is 1. The van der Waals surface area contributed by atoms with Crippen LogP contribution in [-0.4, -0.2) is 36.4 Å². The maximum atomic E-state index is 12.2. The van der Waals surface area contributed by atoms with Crippen molar-refractivity contribution in [3.05, 3.63) is 59.2 Å². The van der Waals surface area contributed by atoms with Crippen molar-refractivity contribution in [3.8, 4) is 11.5 Å². The van der Waals surface area contributed by atoms with Crippen LogP contribution in [0, 0.1) is 0 Å². The minimum atomic E-state index is -0.808. The van der Waals surface area contributed by atoms with E-state index >= 15 is 0 Å². The van der Waals surface area contributed by atoms with Gasteiger partial charge < -0.3 is 25.6 Å². The highest BCUT2D eigenvalue weighted by Crippen LogP contribution is 2.34. The summed E-state index contributed by atoms with van der Waals surface area (Å²) in [5.74, 6) is 0.726. The third kappa shape index (κ3) is 7.29. The van der Waals surface area contributed by atoms with Gasteiger partial charge in [-0.3, -0.25) is 4.79 Å². The van der Waals surface area contributed by atoms with E-state index in [0.29, 0.717) is 12.2 Å². The Labute approximate surface area is 183 Å². The average Bonchev–Trinajstić information content (AvgIpc) is 2.72. The molecule has 0 aliphatic heterocycles. The van der Waals surface area contributed by atoms with Crippen molar-refractivity contribution in [1.82, 2.24) is 5.32 Å². The molecule has 0 aliphatic rings. The lowest BCUT2D eigenvalue weighted by Gasteiger charge is -2.18. The van der Waals surface area contributed by atoms with Crippen molar-refractivity contribution >= 4 is 12.1 Å². The van der Waals surface area contributed by atoms with Crippen LogP contribution in [-0.2, 0) is 16.0 Å². The summed E-state index contributed by atoms with van der Waals surface area (Å²) in [6.07, 6.45) is -0.475. The highest BCUT2D eigenvalue weighted by atomic mass is 16.7. The molecule has 0 saturated heterocycles. The van der Waals surface area contributed by atoms with Crippen LogP contribution < -0.4 is 15.8 Å². The van der Waals surface area contributed by atoms with Gasteiger partial charge in [-0.25, -0.2) is 4.79 Å². The average molecular weight is 429 g/mol. The molecule has 2 aromatic carbocycles. The summed E-state index contributed by atoms with van der Waals surface area (Å²) >= 11 is 0. The first kappa shape index (κ1) is 24.2. The Bertz CT molecular complexity index is 852. The van der Waals surface area contributed by atoms with Crippen LogP contribution in [0.5, 0.6) is 11.5 Å². The summed E-state index contributed by atoms with van der Waals surface area (Å²) in [6.45, 7) is 8.24. The number of phenolic OH excluding ortho intramolecular Hbond substituents is 1. The second-order valence-electron chi connectivity index (χ2n) is 8.04. The van der Waals surface area contributed by atoms with E-state index in [2.05, 4.69) is 5.32 Å². The van der Waals surface area contributed by atoms with E-state index in [1.807, 2.05) is 45.9 Å². The Hall–Kier alpha value is -3.06. The van der Waals surface area contributed by atoms with Gasteiger partial charge in [0.25, 0.3) is 0 Å². The van der Waals surface area contributed by atoms with Crippen molar-refractivity contribution in [2.24, 2.45) is 5.73 Å². The molecule has 0 aromatic heterocycles. The van der Waals surface area contributed by atoms with Gasteiger partial charge in [-0.1, -0.05) is 58.0 Å². The number of ether oxygens (including phenoxy) is 2. The monoisotopic (exact) mass is 428 g/mol. The maximum absolute atomic E-state index is 12.2. The van der Waals surface area contributed by atoms with E-state index in [1.54, 1.807) is 24.3 Å². The highest BCUT2D eigenvalue weighted by molar-refractivity contribution is 5.81. The third-order valence-electron chi connectivity index (χ3n) is 4.86. The molecule has 0 spiro atoms. The van der Waals surface area contributed by atoms with Crippen LogP contribution in [0.2, 0.25) is 0 Å². The molecule has 168 valence electrons. The molecule has 0 fully saturated rings. The van der Waals surface area contributed by atoms with E-state index < -0.39 is 12.2 Å². The van der Waals surface area contributed by atoms with Gasteiger partial charge in [-0.15, -0.1) is 0 Å². The lowest BCUT2D eigenvalue weighted by molar-refractivity contribution is -0.122. The Morgan fingerprint density at radius 3 is 2.13 bits per heavy atom. The van der Waals surface area contributed by atoms with E-state index in [9.17, 15) is 14.7 Å².